The van der Waals surface area contributed by atoms with Gasteiger partial charge in [-0.3, -0.25) is 0 Å². The number of halogens is 1. The van der Waals surface area contributed by atoms with Crippen LogP contribution in [0.15, 0.2) is 18.2 Å². The topological polar surface area (TPSA) is 20.2 Å². The molecule has 64 valence electrons. The molecule has 0 aliphatic heterocycles. The summed E-state index contributed by atoms with van der Waals surface area (Å²) < 4.78 is 12.7. The van der Waals surface area contributed by atoms with Crippen molar-refractivity contribution in [2.45, 2.75) is 18.8 Å². The Labute approximate surface area is 70.8 Å². The van der Waals surface area contributed by atoms with Gasteiger partial charge >= 0.3 is 0 Å². The van der Waals surface area contributed by atoms with Crippen LogP contribution in [-0.4, -0.2) is 11.7 Å². The lowest BCUT2D eigenvalue weighted by atomic mass is 10.0. The zero-order chi connectivity index (χ0) is 8.55. The maximum atomic E-state index is 12.7. The van der Waals surface area contributed by atoms with Gasteiger partial charge in [0.15, 0.2) is 0 Å². The molecular formula is C10H11FO. The number of fused-ring (bicyclic) bond motifs is 1. The lowest BCUT2D eigenvalue weighted by molar-refractivity contribution is 0.265. The lowest BCUT2D eigenvalue weighted by Crippen LogP contribution is -1.98. The monoisotopic (exact) mass is 166 g/mol. The molecule has 0 heterocycles. The van der Waals surface area contributed by atoms with Crippen LogP contribution in [0.25, 0.3) is 0 Å². The molecule has 2 heteroatoms. The van der Waals surface area contributed by atoms with Crippen molar-refractivity contribution in [1.82, 2.24) is 0 Å². The highest BCUT2D eigenvalue weighted by molar-refractivity contribution is 5.35. The molecule has 1 aromatic rings. The molecule has 1 nitrogen and oxygen atoms in total. The molecule has 0 unspecified atom stereocenters. The van der Waals surface area contributed by atoms with Gasteiger partial charge in [-0.15, -0.1) is 0 Å². The Hall–Kier alpha value is -0.890. The van der Waals surface area contributed by atoms with Crippen molar-refractivity contribution in [2.75, 3.05) is 6.61 Å². The number of aryl methyl sites for hydroxylation is 1. The predicted octanol–water partition coefficient (Wildman–Crippen LogP) is 1.85. The van der Waals surface area contributed by atoms with Gasteiger partial charge in [0.05, 0.1) is 0 Å². The molecule has 0 saturated heterocycles. The minimum atomic E-state index is -0.174. The third-order valence-electron chi connectivity index (χ3n) is 2.53. The Morgan fingerprint density at radius 3 is 3.08 bits per heavy atom. The molecule has 1 aromatic carbocycles. The van der Waals surface area contributed by atoms with Gasteiger partial charge in [-0.05, 0) is 36.1 Å². The normalized spacial score (nSPS) is 21.0. The minimum absolute atomic E-state index is 0.174. The third kappa shape index (κ3) is 1.12. The number of aliphatic hydroxyl groups excluding tert-OH is 1. The molecule has 0 fully saturated rings. The summed E-state index contributed by atoms with van der Waals surface area (Å²) in [5.41, 5.74) is 2.19. The van der Waals surface area contributed by atoms with E-state index >= 15 is 0 Å². The number of hydrogen-bond acceptors (Lipinski definition) is 1. The maximum Gasteiger partial charge on any atom is 0.123 e. The van der Waals surface area contributed by atoms with E-state index in [1.807, 2.05) is 0 Å². The standard InChI is InChI=1S/C10H11FO/c11-9-3-4-10-7(5-9)1-2-8(10)6-12/h3-5,8,12H,1-2,6H2/t8-/m1/s1. The van der Waals surface area contributed by atoms with Crippen LogP contribution in [-0.2, 0) is 6.42 Å². The molecule has 1 N–H and O–H groups in total. The second-order valence-electron chi connectivity index (χ2n) is 3.26. The summed E-state index contributed by atoms with van der Waals surface area (Å²) in [6.07, 6.45) is 1.85. The van der Waals surface area contributed by atoms with Gasteiger partial charge in [0.1, 0.15) is 5.82 Å². The van der Waals surface area contributed by atoms with Crippen LogP contribution >= 0.6 is 0 Å². The fourth-order valence-electron chi connectivity index (χ4n) is 1.86. The van der Waals surface area contributed by atoms with E-state index in [0.29, 0.717) is 0 Å². The molecular weight excluding hydrogens is 155 g/mol. The van der Waals surface area contributed by atoms with Crippen molar-refractivity contribution in [3.8, 4) is 0 Å². The molecule has 0 bridgehead atoms. The first-order valence-electron chi connectivity index (χ1n) is 4.20. The van der Waals surface area contributed by atoms with Crippen LogP contribution < -0.4 is 0 Å². The van der Waals surface area contributed by atoms with Gasteiger partial charge in [0.25, 0.3) is 0 Å². The summed E-state index contributed by atoms with van der Waals surface area (Å²) in [6, 6.07) is 4.83. The highest BCUT2D eigenvalue weighted by Crippen LogP contribution is 2.32. The highest BCUT2D eigenvalue weighted by Gasteiger charge is 2.21. The first-order valence-corrected chi connectivity index (χ1v) is 4.20. The summed E-state index contributed by atoms with van der Waals surface area (Å²) in [5.74, 6) is 0.0629. The zero-order valence-corrected chi connectivity index (χ0v) is 6.76. The van der Waals surface area contributed by atoms with Crippen LogP contribution in [0.5, 0.6) is 0 Å². The lowest BCUT2D eigenvalue weighted by Gasteiger charge is -2.06. The van der Waals surface area contributed by atoms with Crippen LogP contribution in [0.1, 0.15) is 23.5 Å². The van der Waals surface area contributed by atoms with Crippen molar-refractivity contribution in [2.24, 2.45) is 0 Å². The largest absolute Gasteiger partial charge is 0.396 e. The summed E-state index contributed by atoms with van der Waals surface area (Å²) in [5, 5.41) is 8.99. The van der Waals surface area contributed by atoms with E-state index in [9.17, 15) is 4.39 Å². The molecule has 2 rings (SSSR count). The molecule has 0 aromatic heterocycles. The molecule has 0 radical (unpaired) electrons. The summed E-state index contributed by atoms with van der Waals surface area (Å²) in [6.45, 7) is 0.179. The number of benzene rings is 1. The van der Waals surface area contributed by atoms with E-state index in [-0.39, 0.29) is 18.3 Å². The van der Waals surface area contributed by atoms with Crippen molar-refractivity contribution < 1.29 is 9.50 Å². The van der Waals surface area contributed by atoms with Gasteiger partial charge in [0, 0.05) is 12.5 Å². The summed E-state index contributed by atoms with van der Waals surface area (Å²) in [7, 11) is 0. The average molecular weight is 166 g/mol. The maximum absolute atomic E-state index is 12.7. The van der Waals surface area contributed by atoms with E-state index in [1.165, 1.54) is 6.07 Å². The molecule has 1 aliphatic carbocycles. The van der Waals surface area contributed by atoms with Gasteiger partial charge in [-0.1, -0.05) is 6.07 Å². The zero-order valence-electron chi connectivity index (χ0n) is 6.76. The van der Waals surface area contributed by atoms with Gasteiger partial charge in [-0.25, -0.2) is 4.39 Å². The molecule has 0 spiro atoms. The second kappa shape index (κ2) is 2.87. The quantitative estimate of drug-likeness (QED) is 0.675. The fourth-order valence-corrected chi connectivity index (χ4v) is 1.86. The van der Waals surface area contributed by atoms with Crippen LogP contribution in [0.4, 0.5) is 4.39 Å². The Bertz CT molecular complexity index is 296. The van der Waals surface area contributed by atoms with Crippen LogP contribution in [0.3, 0.4) is 0 Å². The molecule has 1 atom stereocenters. The molecule has 12 heavy (non-hydrogen) atoms. The average Bonchev–Trinajstić information content (AvgIpc) is 2.46. The minimum Gasteiger partial charge on any atom is -0.396 e. The van der Waals surface area contributed by atoms with E-state index in [0.717, 1.165) is 24.0 Å². The Balaban J connectivity index is 2.40. The Morgan fingerprint density at radius 2 is 2.33 bits per heavy atom. The van der Waals surface area contributed by atoms with E-state index < -0.39 is 0 Å². The van der Waals surface area contributed by atoms with Gasteiger partial charge < -0.3 is 5.11 Å². The first kappa shape index (κ1) is 7.74. The van der Waals surface area contributed by atoms with Crippen molar-refractivity contribution >= 4 is 0 Å². The van der Waals surface area contributed by atoms with E-state index in [4.69, 9.17) is 5.11 Å². The van der Waals surface area contributed by atoms with Crippen LogP contribution in [0, 0.1) is 5.82 Å². The highest BCUT2D eigenvalue weighted by atomic mass is 19.1. The Kier molecular flexibility index (Phi) is 1.85. The third-order valence-corrected chi connectivity index (χ3v) is 2.53. The Morgan fingerprint density at radius 1 is 1.50 bits per heavy atom. The van der Waals surface area contributed by atoms with E-state index in [1.54, 1.807) is 12.1 Å². The fraction of sp³-hybridized carbons (Fsp3) is 0.400. The predicted molar refractivity (Wildman–Crippen MR) is 44.5 cm³/mol. The van der Waals surface area contributed by atoms with Crippen molar-refractivity contribution in [3.05, 3.63) is 35.1 Å². The van der Waals surface area contributed by atoms with Crippen molar-refractivity contribution in [1.29, 1.82) is 0 Å². The molecule has 1 aliphatic rings. The van der Waals surface area contributed by atoms with Crippen molar-refractivity contribution in [3.63, 3.8) is 0 Å². The summed E-state index contributed by atoms with van der Waals surface area (Å²) in [4.78, 5) is 0. The number of rotatable bonds is 1. The SMILES string of the molecule is OC[C@H]1CCc2cc(F)ccc21. The molecule has 0 amide bonds. The first-order chi connectivity index (χ1) is 5.81. The molecule has 0 saturated carbocycles. The second-order valence-corrected chi connectivity index (χ2v) is 3.26. The van der Waals surface area contributed by atoms with Crippen LogP contribution in [0.2, 0.25) is 0 Å². The summed E-state index contributed by atoms with van der Waals surface area (Å²) >= 11 is 0. The smallest absolute Gasteiger partial charge is 0.123 e. The number of hydrogen-bond donors (Lipinski definition) is 1. The van der Waals surface area contributed by atoms with Gasteiger partial charge in [-0.2, -0.15) is 0 Å². The van der Waals surface area contributed by atoms with E-state index in [2.05, 4.69) is 0 Å². The van der Waals surface area contributed by atoms with Gasteiger partial charge in [0.2, 0.25) is 0 Å². The number of aliphatic hydroxyl groups is 1.